The maximum absolute atomic E-state index is 10.1. The number of likely N-dealkylation sites (tertiary alicyclic amines) is 1. The molecule has 1 aliphatic heterocycles. The van der Waals surface area contributed by atoms with Crippen LogP contribution in [0.3, 0.4) is 0 Å². The lowest BCUT2D eigenvalue weighted by atomic mass is 9.52. The number of nitrogens with zero attached hydrogens (tertiary/aromatic N) is 1. The van der Waals surface area contributed by atoms with Crippen LogP contribution in [0.5, 0.6) is 5.75 Å². The van der Waals surface area contributed by atoms with Crippen LogP contribution in [-0.4, -0.2) is 29.1 Å². The second-order valence-corrected chi connectivity index (χ2v) is 8.11. The van der Waals surface area contributed by atoms with Crippen LogP contribution in [0.2, 0.25) is 0 Å². The lowest BCUT2D eigenvalue weighted by molar-refractivity contribution is -0.0119. The summed E-state index contributed by atoms with van der Waals surface area (Å²) in [7, 11) is 0. The zero-order chi connectivity index (χ0) is 15.9. The van der Waals surface area contributed by atoms with E-state index in [2.05, 4.69) is 24.0 Å². The van der Waals surface area contributed by atoms with Crippen LogP contribution >= 0.6 is 12.4 Å². The van der Waals surface area contributed by atoms with Crippen LogP contribution in [0.4, 0.5) is 0 Å². The molecule has 1 aromatic rings. The molecule has 3 aliphatic rings. The molecule has 3 heteroatoms. The van der Waals surface area contributed by atoms with E-state index in [1.165, 1.54) is 82.0 Å². The molecular weight excluding hydrogens is 318 g/mol. The van der Waals surface area contributed by atoms with Gasteiger partial charge in [-0.05, 0) is 74.4 Å². The molecule has 2 aliphatic carbocycles. The molecular formula is C21H32ClNO. The smallest absolute Gasteiger partial charge is 0.115 e. The largest absolute Gasteiger partial charge is 0.508 e. The Hall–Kier alpha value is -0.730. The molecule has 0 amide bonds. The third kappa shape index (κ3) is 2.86. The number of hydrogen-bond acceptors (Lipinski definition) is 2. The fraction of sp³-hybridized carbons (Fsp3) is 0.714. The molecule has 1 heterocycles. The van der Waals surface area contributed by atoms with Crippen LogP contribution in [0.25, 0.3) is 0 Å². The van der Waals surface area contributed by atoms with Gasteiger partial charge >= 0.3 is 0 Å². The number of halogens is 1. The van der Waals surface area contributed by atoms with E-state index in [-0.39, 0.29) is 12.4 Å². The van der Waals surface area contributed by atoms with Gasteiger partial charge < -0.3 is 5.11 Å². The second kappa shape index (κ2) is 7.25. The molecule has 0 spiro atoms. The van der Waals surface area contributed by atoms with Gasteiger partial charge in [-0.2, -0.15) is 0 Å². The van der Waals surface area contributed by atoms with Crippen molar-refractivity contribution in [1.82, 2.24) is 4.90 Å². The molecule has 1 N–H and O–H groups in total. The SMILES string of the molecule is CCCCCN1CC[C@]23CCCC[C@H]2[C@H]1Cc1ccc(O)cc13.Cl. The summed E-state index contributed by atoms with van der Waals surface area (Å²) >= 11 is 0. The van der Waals surface area contributed by atoms with Gasteiger partial charge in [-0.3, -0.25) is 4.90 Å². The number of hydrogen-bond donors (Lipinski definition) is 1. The zero-order valence-electron chi connectivity index (χ0n) is 15.0. The first kappa shape index (κ1) is 18.1. The third-order valence-corrected chi connectivity index (χ3v) is 6.98. The Bertz CT molecular complexity index is 575. The van der Waals surface area contributed by atoms with Gasteiger partial charge in [0.25, 0.3) is 0 Å². The average Bonchev–Trinajstić information content (AvgIpc) is 2.57. The fourth-order valence-corrected chi connectivity index (χ4v) is 5.92. The Labute approximate surface area is 153 Å². The summed E-state index contributed by atoms with van der Waals surface area (Å²) in [6.07, 6.45) is 12.0. The Morgan fingerprint density at radius 2 is 2.08 bits per heavy atom. The minimum atomic E-state index is 0. The van der Waals surface area contributed by atoms with Crippen molar-refractivity contribution in [2.75, 3.05) is 13.1 Å². The minimum absolute atomic E-state index is 0. The highest BCUT2D eigenvalue weighted by Crippen LogP contribution is 2.56. The van der Waals surface area contributed by atoms with Crippen molar-refractivity contribution >= 4 is 12.4 Å². The summed E-state index contributed by atoms with van der Waals surface area (Å²) in [6.45, 7) is 4.85. The number of phenolic OH excluding ortho intramolecular Hbond substituents is 1. The van der Waals surface area contributed by atoms with E-state index >= 15 is 0 Å². The number of unbranched alkanes of at least 4 members (excludes halogenated alkanes) is 2. The molecule has 2 fully saturated rings. The van der Waals surface area contributed by atoms with Crippen LogP contribution in [-0.2, 0) is 11.8 Å². The van der Waals surface area contributed by atoms with Crippen LogP contribution < -0.4 is 0 Å². The molecule has 1 saturated heterocycles. The van der Waals surface area contributed by atoms with Crippen molar-refractivity contribution in [2.45, 2.75) is 76.2 Å². The van der Waals surface area contributed by atoms with Gasteiger partial charge in [0.05, 0.1) is 0 Å². The third-order valence-electron chi connectivity index (χ3n) is 6.98. The molecule has 0 radical (unpaired) electrons. The monoisotopic (exact) mass is 349 g/mol. The standard InChI is InChI=1S/C21H31NO.ClH/c1-2-3-6-12-22-13-11-21-10-5-4-7-18(21)20(22)14-16-8-9-17(23)15-19(16)21;/h8-9,15,18,20,23H,2-7,10-14H2,1H3;1H/t18-,20+,21+;/m0./s1. The fourth-order valence-electron chi connectivity index (χ4n) is 5.92. The topological polar surface area (TPSA) is 23.5 Å². The maximum atomic E-state index is 10.1. The number of phenols is 1. The Morgan fingerprint density at radius 1 is 1.21 bits per heavy atom. The molecule has 4 rings (SSSR count). The van der Waals surface area contributed by atoms with E-state index in [1.807, 2.05) is 6.07 Å². The molecule has 3 atom stereocenters. The summed E-state index contributed by atoms with van der Waals surface area (Å²) in [5.74, 6) is 1.28. The van der Waals surface area contributed by atoms with Gasteiger partial charge in [0.15, 0.2) is 0 Å². The molecule has 2 nitrogen and oxygen atoms in total. The normalized spacial score (nSPS) is 31.7. The molecule has 0 aromatic heterocycles. The first-order chi connectivity index (χ1) is 11.2. The maximum Gasteiger partial charge on any atom is 0.115 e. The number of benzene rings is 1. The van der Waals surface area contributed by atoms with Crippen molar-refractivity contribution in [3.8, 4) is 5.75 Å². The predicted octanol–water partition coefficient (Wildman–Crippen LogP) is 5.06. The predicted molar refractivity (Wildman–Crippen MR) is 102 cm³/mol. The Kier molecular flexibility index (Phi) is 5.46. The molecule has 0 unspecified atom stereocenters. The van der Waals surface area contributed by atoms with Gasteiger partial charge in [-0.15, -0.1) is 12.4 Å². The first-order valence-corrected chi connectivity index (χ1v) is 9.81. The molecule has 1 saturated carbocycles. The van der Waals surface area contributed by atoms with Gasteiger partial charge in [-0.25, -0.2) is 0 Å². The summed E-state index contributed by atoms with van der Waals surface area (Å²) < 4.78 is 0. The number of fused-ring (bicyclic) bond motifs is 1. The summed E-state index contributed by atoms with van der Waals surface area (Å²) in [6, 6.07) is 6.96. The van der Waals surface area contributed by atoms with Crippen molar-refractivity contribution in [3.63, 3.8) is 0 Å². The van der Waals surface area contributed by atoms with Gasteiger partial charge in [0.2, 0.25) is 0 Å². The van der Waals surface area contributed by atoms with Crippen LogP contribution in [0.1, 0.15) is 69.4 Å². The van der Waals surface area contributed by atoms with E-state index in [4.69, 9.17) is 0 Å². The van der Waals surface area contributed by atoms with E-state index in [0.717, 1.165) is 12.0 Å². The number of piperidine rings is 1. The van der Waals surface area contributed by atoms with Crippen molar-refractivity contribution < 1.29 is 5.11 Å². The molecule has 1 aromatic carbocycles. The quantitative estimate of drug-likeness (QED) is 0.768. The number of rotatable bonds is 4. The lowest BCUT2D eigenvalue weighted by Gasteiger charge is -2.59. The average molecular weight is 350 g/mol. The second-order valence-electron chi connectivity index (χ2n) is 8.11. The zero-order valence-corrected chi connectivity index (χ0v) is 15.8. The van der Waals surface area contributed by atoms with Crippen LogP contribution in [0.15, 0.2) is 18.2 Å². The van der Waals surface area contributed by atoms with Gasteiger partial charge in [0, 0.05) is 11.5 Å². The van der Waals surface area contributed by atoms with Crippen LogP contribution in [0, 0.1) is 5.92 Å². The van der Waals surface area contributed by atoms with E-state index in [1.54, 1.807) is 0 Å². The van der Waals surface area contributed by atoms with E-state index in [9.17, 15) is 5.11 Å². The Morgan fingerprint density at radius 3 is 2.92 bits per heavy atom. The van der Waals surface area contributed by atoms with Crippen molar-refractivity contribution in [1.29, 1.82) is 0 Å². The number of aromatic hydroxyl groups is 1. The highest BCUT2D eigenvalue weighted by Gasteiger charge is 2.53. The minimum Gasteiger partial charge on any atom is -0.508 e. The highest BCUT2D eigenvalue weighted by molar-refractivity contribution is 5.85. The highest BCUT2D eigenvalue weighted by atomic mass is 35.5. The Balaban J connectivity index is 0.00000169. The molecule has 24 heavy (non-hydrogen) atoms. The first-order valence-electron chi connectivity index (χ1n) is 9.81. The van der Waals surface area contributed by atoms with Crippen molar-refractivity contribution in [3.05, 3.63) is 29.3 Å². The summed E-state index contributed by atoms with van der Waals surface area (Å²) in [4.78, 5) is 2.82. The molecule has 134 valence electrons. The van der Waals surface area contributed by atoms with Gasteiger partial charge in [-0.1, -0.05) is 38.7 Å². The van der Waals surface area contributed by atoms with Gasteiger partial charge in [0.1, 0.15) is 5.75 Å². The van der Waals surface area contributed by atoms with E-state index in [0.29, 0.717) is 11.2 Å². The molecule has 2 bridgehead atoms. The van der Waals surface area contributed by atoms with E-state index < -0.39 is 0 Å². The summed E-state index contributed by atoms with van der Waals surface area (Å²) in [5.41, 5.74) is 3.40. The summed E-state index contributed by atoms with van der Waals surface area (Å²) in [5, 5.41) is 10.1. The lowest BCUT2D eigenvalue weighted by Crippen LogP contribution is -2.60. The van der Waals surface area contributed by atoms with Crippen molar-refractivity contribution in [2.24, 2.45) is 5.92 Å².